The standard InChI is InChI=1S/C10H15NO2S/c1-2-4-10(13)11-7-8(12)9-5-3-6-14-9/h3,5-6,8,12H,2,4,7H2,1H3,(H,11,13). The van der Waals surface area contributed by atoms with Crippen molar-refractivity contribution >= 4 is 17.2 Å². The fourth-order valence-electron chi connectivity index (χ4n) is 1.11. The number of carbonyl (C=O) groups is 1. The van der Waals surface area contributed by atoms with Crippen LogP contribution in [0.2, 0.25) is 0 Å². The Bertz CT molecular complexity index is 272. The van der Waals surface area contributed by atoms with E-state index >= 15 is 0 Å². The molecule has 1 heterocycles. The third kappa shape index (κ3) is 3.47. The van der Waals surface area contributed by atoms with Crippen LogP contribution in [-0.4, -0.2) is 17.6 Å². The summed E-state index contributed by atoms with van der Waals surface area (Å²) in [6.45, 7) is 2.26. The lowest BCUT2D eigenvalue weighted by atomic mass is 10.2. The van der Waals surface area contributed by atoms with Crippen LogP contribution in [0.5, 0.6) is 0 Å². The van der Waals surface area contributed by atoms with E-state index in [9.17, 15) is 9.90 Å². The molecule has 1 amide bonds. The summed E-state index contributed by atoms with van der Waals surface area (Å²) in [5.41, 5.74) is 0. The van der Waals surface area contributed by atoms with Crippen molar-refractivity contribution in [3.63, 3.8) is 0 Å². The predicted octanol–water partition coefficient (Wildman–Crippen LogP) is 1.70. The minimum absolute atomic E-state index is 0.00288. The SMILES string of the molecule is CCCC(=O)NCC(O)c1cccs1. The van der Waals surface area contributed by atoms with Crippen molar-refractivity contribution in [3.05, 3.63) is 22.4 Å². The highest BCUT2D eigenvalue weighted by molar-refractivity contribution is 7.10. The molecule has 3 nitrogen and oxygen atoms in total. The van der Waals surface area contributed by atoms with Crippen LogP contribution in [-0.2, 0) is 4.79 Å². The van der Waals surface area contributed by atoms with Crippen molar-refractivity contribution in [2.45, 2.75) is 25.9 Å². The minimum Gasteiger partial charge on any atom is -0.386 e. The molecule has 14 heavy (non-hydrogen) atoms. The van der Waals surface area contributed by atoms with Crippen LogP contribution in [0.15, 0.2) is 17.5 Å². The van der Waals surface area contributed by atoms with Gasteiger partial charge in [0.1, 0.15) is 6.10 Å². The van der Waals surface area contributed by atoms with Crippen LogP contribution in [0.25, 0.3) is 0 Å². The van der Waals surface area contributed by atoms with E-state index in [4.69, 9.17) is 0 Å². The molecular formula is C10H15NO2S. The molecule has 1 unspecified atom stereocenters. The molecule has 0 fully saturated rings. The molecular weight excluding hydrogens is 198 g/mol. The molecule has 0 bridgehead atoms. The van der Waals surface area contributed by atoms with Gasteiger partial charge in [0, 0.05) is 17.8 Å². The zero-order chi connectivity index (χ0) is 10.4. The van der Waals surface area contributed by atoms with E-state index in [1.54, 1.807) is 0 Å². The summed E-state index contributed by atoms with van der Waals surface area (Å²) in [6, 6.07) is 3.75. The highest BCUT2D eigenvalue weighted by Gasteiger charge is 2.09. The third-order valence-electron chi connectivity index (χ3n) is 1.84. The first-order valence-electron chi connectivity index (χ1n) is 4.72. The molecule has 1 atom stereocenters. The van der Waals surface area contributed by atoms with E-state index in [1.165, 1.54) is 11.3 Å². The Labute approximate surface area is 87.8 Å². The van der Waals surface area contributed by atoms with Crippen molar-refractivity contribution in [1.29, 1.82) is 0 Å². The van der Waals surface area contributed by atoms with E-state index in [2.05, 4.69) is 5.32 Å². The average Bonchev–Trinajstić information content (AvgIpc) is 2.67. The second-order valence-corrected chi connectivity index (χ2v) is 4.06. The number of carbonyl (C=O) groups excluding carboxylic acids is 1. The largest absolute Gasteiger partial charge is 0.386 e. The maximum atomic E-state index is 11.1. The Hall–Kier alpha value is -0.870. The number of hydrogen-bond acceptors (Lipinski definition) is 3. The zero-order valence-electron chi connectivity index (χ0n) is 8.19. The maximum absolute atomic E-state index is 11.1. The number of thiophene rings is 1. The van der Waals surface area contributed by atoms with E-state index in [0.29, 0.717) is 13.0 Å². The molecule has 1 aromatic rings. The molecule has 4 heteroatoms. The molecule has 1 aromatic heterocycles. The summed E-state index contributed by atoms with van der Waals surface area (Å²) in [5, 5.41) is 14.2. The predicted molar refractivity (Wildman–Crippen MR) is 57.2 cm³/mol. The van der Waals surface area contributed by atoms with E-state index < -0.39 is 6.10 Å². The number of aliphatic hydroxyl groups excluding tert-OH is 1. The fraction of sp³-hybridized carbons (Fsp3) is 0.500. The first kappa shape index (κ1) is 11.2. The topological polar surface area (TPSA) is 49.3 Å². The van der Waals surface area contributed by atoms with Crippen LogP contribution >= 0.6 is 11.3 Å². The van der Waals surface area contributed by atoms with Crippen molar-refractivity contribution in [2.24, 2.45) is 0 Å². The van der Waals surface area contributed by atoms with Crippen LogP contribution in [0.1, 0.15) is 30.7 Å². The average molecular weight is 213 g/mol. The highest BCUT2D eigenvalue weighted by Crippen LogP contribution is 2.17. The summed E-state index contributed by atoms with van der Waals surface area (Å²) in [4.78, 5) is 12.0. The van der Waals surface area contributed by atoms with Gasteiger partial charge in [-0.15, -0.1) is 11.3 Å². The van der Waals surface area contributed by atoms with Crippen molar-refractivity contribution in [2.75, 3.05) is 6.54 Å². The normalized spacial score (nSPS) is 12.4. The molecule has 0 aromatic carbocycles. The lowest BCUT2D eigenvalue weighted by Crippen LogP contribution is -2.27. The molecule has 2 N–H and O–H groups in total. The molecule has 0 saturated heterocycles. The summed E-state index contributed by atoms with van der Waals surface area (Å²) in [7, 11) is 0. The Morgan fingerprint density at radius 1 is 1.71 bits per heavy atom. The quantitative estimate of drug-likeness (QED) is 0.782. The number of rotatable bonds is 5. The van der Waals surface area contributed by atoms with Crippen LogP contribution in [0, 0.1) is 0 Å². The van der Waals surface area contributed by atoms with Crippen LogP contribution in [0.4, 0.5) is 0 Å². The number of amides is 1. The molecule has 0 radical (unpaired) electrons. The molecule has 0 aliphatic rings. The Balaban J connectivity index is 2.28. The van der Waals surface area contributed by atoms with Gasteiger partial charge in [-0.25, -0.2) is 0 Å². The van der Waals surface area contributed by atoms with Gasteiger partial charge in [0.05, 0.1) is 0 Å². The Kier molecular flexibility index (Phi) is 4.62. The second-order valence-electron chi connectivity index (χ2n) is 3.09. The Morgan fingerprint density at radius 2 is 2.50 bits per heavy atom. The number of aliphatic hydroxyl groups is 1. The minimum atomic E-state index is -0.573. The summed E-state index contributed by atoms with van der Waals surface area (Å²) >= 11 is 1.49. The molecule has 1 rings (SSSR count). The van der Waals surface area contributed by atoms with E-state index in [-0.39, 0.29) is 5.91 Å². The highest BCUT2D eigenvalue weighted by atomic mass is 32.1. The summed E-state index contributed by atoms with van der Waals surface area (Å²) in [5.74, 6) is 0.00288. The van der Waals surface area contributed by atoms with Gasteiger partial charge in [0.15, 0.2) is 0 Å². The van der Waals surface area contributed by atoms with Gasteiger partial charge < -0.3 is 10.4 Å². The monoisotopic (exact) mass is 213 g/mol. The smallest absolute Gasteiger partial charge is 0.220 e. The number of hydrogen-bond donors (Lipinski definition) is 2. The first-order chi connectivity index (χ1) is 6.74. The molecule has 0 saturated carbocycles. The van der Waals surface area contributed by atoms with Crippen molar-refractivity contribution in [1.82, 2.24) is 5.32 Å². The van der Waals surface area contributed by atoms with Gasteiger partial charge in [-0.3, -0.25) is 4.79 Å². The molecule has 0 spiro atoms. The van der Waals surface area contributed by atoms with Crippen LogP contribution in [0.3, 0.4) is 0 Å². The second kappa shape index (κ2) is 5.78. The molecule has 0 aliphatic heterocycles. The lowest BCUT2D eigenvalue weighted by molar-refractivity contribution is -0.121. The van der Waals surface area contributed by atoms with Crippen LogP contribution < -0.4 is 5.32 Å². The Morgan fingerprint density at radius 3 is 3.07 bits per heavy atom. The maximum Gasteiger partial charge on any atom is 0.220 e. The lowest BCUT2D eigenvalue weighted by Gasteiger charge is -2.09. The van der Waals surface area contributed by atoms with Gasteiger partial charge in [-0.1, -0.05) is 13.0 Å². The van der Waals surface area contributed by atoms with Crippen molar-refractivity contribution in [3.8, 4) is 0 Å². The third-order valence-corrected chi connectivity index (χ3v) is 2.81. The zero-order valence-corrected chi connectivity index (χ0v) is 9.01. The molecule has 78 valence electrons. The fourth-order valence-corrected chi connectivity index (χ4v) is 1.82. The first-order valence-corrected chi connectivity index (χ1v) is 5.60. The van der Waals surface area contributed by atoms with Gasteiger partial charge in [0.2, 0.25) is 5.91 Å². The van der Waals surface area contributed by atoms with Gasteiger partial charge in [-0.2, -0.15) is 0 Å². The summed E-state index contributed by atoms with van der Waals surface area (Å²) in [6.07, 6.45) is 0.786. The number of nitrogens with one attached hydrogen (secondary N) is 1. The molecule has 0 aliphatic carbocycles. The van der Waals surface area contributed by atoms with E-state index in [0.717, 1.165) is 11.3 Å². The summed E-state index contributed by atoms with van der Waals surface area (Å²) < 4.78 is 0. The van der Waals surface area contributed by atoms with Gasteiger partial charge in [0.25, 0.3) is 0 Å². The van der Waals surface area contributed by atoms with Gasteiger partial charge in [-0.05, 0) is 17.9 Å². The van der Waals surface area contributed by atoms with E-state index in [1.807, 2.05) is 24.4 Å². The van der Waals surface area contributed by atoms with Crippen molar-refractivity contribution < 1.29 is 9.90 Å². The van der Waals surface area contributed by atoms with Gasteiger partial charge >= 0.3 is 0 Å².